The van der Waals surface area contributed by atoms with E-state index >= 15 is 0 Å². The third-order valence-electron chi connectivity index (χ3n) is 10.0. The molecule has 3 fully saturated rings. The van der Waals surface area contributed by atoms with Crippen LogP contribution in [0.5, 0.6) is 5.75 Å². The molecule has 2 saturated carbocycles. The average molecular weight is 569 g/mol. The van der Waals surface area contributed by atoms with Gasteiger partial charge in [-0.1, -0.05) is 0 Å². The van der Waals surface area contributed by atoms with Crippen molar-refractivity contribution in [3.05, 3.63) is 75.8 Å². The summed E-state index contributed by atoms with van der Waals surface area (Å²) in [6.07, 6.45) is 12.1. The molecule has 5 heterocycles. The molecule has 212 valence electrons. The lowest BCUT2D eigenvalue weighted by atomic mass is 9.42. The number of rotatable bonds is 5. The van der Waals surface area contributed by atoms with Crippen LogP contribution in [-0.4, -0.2) is 44.7 Å². The summed E-state index contributed by atoms with van der Waals surface area (Å²) in [5.41, 5.74) is 5.62. The second kappa shape index (κ2) is 9.36. The predicted molar refractivity (Wildman–Crippen MR) is 158 cm³/mol. The van der Waals surface area contributed by atoms with E-state index in [1.54, 1.807) is 23.8 Å². The van der Waals surface area contributed by atoms with Crippen molar-refractivity contribution in [2.75, 3.05) is 13.1 Å². The Bertz CT molecular complexity index is 1610. The monoisotopic (exact) mass is 568 g/mol. The van der Waals surface area contributed by atoms with Crippen molar-refractivity contribution in [2.45, 2.75) is 77.9 Å². The number of thiophene rings is 1. The molecule has 4 aromatic rings. The summed E-state index contributed by atoms with van der Waals surface area (Å²) >= 11 is 1.77. The molecule has 1 unspecified atom stereocenters. The van der Waals surface area contributed by atoms with E-state index in [0.29, 0.717) is 29.2 Å². The maximum atomic E-state index is 6.47. The summed E-state index contributed by atoms with van der Waals surface area (Å²) in [5.74, 6) is 3.26. The first-order chi connectivity index (χ1) is 19.9. The summed E-state index contributed by atoms with van der Waals surface area (Å²) in [6.45, 7) is 8.75. The van der Waals surface area contributed by atoms with Gasteiger partial charge in [-0.3, -0.25) is 9.56 Å². The van der Waals surface area contributed by atoms with Gasteiger partial charge in [0.15, 0.2) is 11.7 Å². The molecule has 0 bridgehead atoms. The van der Waals surface area contributed by atoms with E-state index in [1.165, 1.54) is 62.1 Å². The van der Waals surface area contributed by atoms with Crippen LogP contribution in [0.2, 0.25) is 0 Å². The number of aromatic nitrogens is 4. The Labute approximate surface area is 244 Å². The fourth-order valence-electron chi connectivity index (χ4n) is 8.06. The Kier molecular flexibility index (Phi) is 5.80. The molecule has 8 nitrogen and oxygen atoms in total. The van der Waals surface area contributed by atoms with Crippen molar-refractivity contribution in [3.63, 3.8) is 0 Å². The number of hydrogen-bond acceptors (Lipinski definition) is 8. The molecule has 1 saturated heterocycles. The van der Waals surface area contributed by atoms with Crippen molar-refractivity contribution in [3.8, 4) is 10.8 Å². The molecule has 0 radical (unpaired) electrons. The second-order valence-electron chi connectivity index (χ2n) is 12.8. The molecule has 9 heteroatoms. The van der Waals surface area contributed by atoms with E-state index < -0.39 is 0 Å². The van der Waals surface area contributed by atoms with Gasteiger partial charge in [0.25, 0.3) is 0 Å². The van der Waals surface area contributed by atoms with Crippen LogP contribution in [0, 0.1) is 31.6 Å². The Morgan fingerprint density at radius 3 is 2.56 bits per heavy atom. The smallest absolute Gasteiger partial charge is 0.196 e. The quantitative estimate of drug-likeness (QED) is 0.314. The highest BCUT2D eigenvalue weighted by Crippen LogP contribution is 2.67. The number of benzene rings is 1. The highest BCUT2D eigenvalue weighted by atomic mass is 32.1. The van der Waals surface area contributed by atoms with Crippen LogP contribution in [0.15, 0.2) is 46.1 Å². The number of nitrogens with one attached hydrogen (secondary N) is 1. The van der Waals surface area contributed by atoms with Crippen LogP contribution < -0.4 is 10.1 Å². The Morgan fingerprint density at radius 2 is 1.83 bits per heavy atom. The third-order valence-corrected chi connectivity index (χ3v) is 11.2. The normalized spacial score (nSPS) is 22.4. The molecule has 41 heavy (non-hydrogen) atoms. The lowest BCUT2D eigenvalue weighted by Crippen LogP contribution is -2.59. The van der Waals surface area contributed by atoms with Crippen molar-refractivity contribution in [1.29, 1.82) is 0 Å². The maximum Gasteiger partial charge on any atom is 0.196 e. The Balaban J connectivity index is 1.06. The van der Waals surface area contributed by atoms with Crippen LogP contribution >= 0.6 is 11.3 Å². The van der Waals surface area contributed by atoms with Gasteiger partial charge >= 0.3 is 0 Å². The van der Waals surface area contributed by atoms with Gasteiger partial charge in [0, 0.05) is 16.0 Å². The van der Waals surface area contributed by atoms with E-state index in [0.717, 1.165) is 39.2 Å². The zero-order chi connectivity index (χ0) is 27.8. The standard InChI is InChI=1S/C32H36N6O2S/c1-19-20(2)41-30-27(19)28(35-25(14-26-34-12-13-39-26)29-37-36-21(3)38(29)30)22-4-6-23(7-5-22)40-24-15-32(16-24)17-31(18-32)8-10-33-11-9-31/h4-7,12-13,24-25,33H,8-11,14-18H2,1-3H3. The summed E-state index contributed by atoms with van der Waals surface area (Å²) in [5, 5.41) is 13.7. The zero-order valence-electron chi connectivity index (χ0n) is 23.9. The minimum Gasteiger partial charge on any atom is -0.490 e. The first-order valence-corrected chi connectivity index (χ1v) is 15.7. The fourth-order valence-corrected chi connectivity index (χ4v) is 9.27. The lowest BCUT2D eigenvalue weighted by Gasteiger charge is -2.64. The van der Waals surface area contributed by atoms with E-state index in [-0.39, 0.29) is 6.04 Å². The van der Waals surface area contributed by atoms with Crippen LogP contribution in [0.4, 0.5) is 0 Å². The number of piperidine rings is 1. The fraction of sp³-hybridized carbons (Fsp3) is 0.500. The van der Waals surface area contributed by atoms with Gasteiger partial charge < -0.3 is 14.5 Å². The molecular weight excluding hydrogens is 532 g/mol. The van der Waals surface area contributed by atoms with E-state index in [4.69, 9.17) is 14.1 Å². The van der Waals surface area contributed by atoms with Crippen molar-refractivity contribution < 1.29 is 9.15 Å². The average Bonchev–Trinajstić information content (AvgIpc) is 3.63. The molecular formula is C32H36N6O2S. The topological polar surface area (TPSA) is 90.4 Å². The van der Waals surface area contributed by atoms with Crippen LogP contribution in [-0.2, 0) is 6.42 Å². The summed E-state index contributed by atoms with van der Waals surface area (Å²) in [4.78, 5) is 11.0. The molecule has 1 aromatic carbocycles. The third kappa shape index (κ3) is 4.19. The summed E-state index contributed by atoms with van der Waals surface area (Å²) in [6, 6.07) is 8.29. The number of hydrogen-bond donors (Lipinski definition) is 1. The Hall–Kier alpha value is -3.30. The number of ether oxygens (including phenoxy) is 1. The first-order valence-electron chi connectivity index (χ1n) is 14.9. The van der Waals surface area contributed by atoms with Crippen molar-refractivity contribution in [1.82, 2.24) is 25.1 Å². The number of aryl methyl sites for hydroxylation is 2. The largest absolute Gasteiger partial charge is 0.490 e. The summed E-state index contributed by atoms with van der Waals surface area (Å²) < 4.78 is 14.3. The van der Waals surface area contributed by atoms with Gasteiger partial charge in [-0.15, -0.1) is 21.5 Å². The minimum atomic E-state index is -0.267. The van der Waals surface area contributed by atoms with Crippen molar-refractivity contribution in [2.24, 2.45) is 15.8 Å². The molecule has 3 aromatic heterocycles. The van der Waals surface area contributed by atoms with Gasteiger partial charge in [0.2, 0.25) is 0 Å². The van der Waals surface area contributed by atoms with Gasteiger partial charge in [0.05, 0.1) is 24.4 Å². The van der Waals surface area contributed by atoms with Gasteiger partial charge in [0.1, 0.15) is 28.9 Å². The number of aliphatic imine (C=N–C) groups is 1. The number of oxazole rings is 1. The minimum absolute atomic E-state index is 0.267. The van der Waals surface area contributed by atoms with Gasteiger partial charge in [-0.05, 0) is 113 Å². The Morgan fingerprint density at radius 1 is 1.05 bits per heavy atom. The summed E-state index contributed by atoms with van der Waals surface area (Å²) in [7, 11) is 0. The highest BCUT2D eigenvalue weighted by Gasteiger charge is 2.60. The van der Waals surface area contributed by atoms with Gasteiger partial charge in [-0.2, -0.15) is 0 Å². The molecule has 2 spiro atoms. The van der Waals surface area contributed by atoms with E-state index in [9.17, 15) is 0 Å². The van der Waals surface area contributed by atoms with Crippen LogP contribution in [0.25, 0.3) is 5.00 Å². The SMILES string of the molecule is Cc1sc2c(c1C)C(c1ccc(OC3CC4(C3)CC3(CCNCC3)C4)cc1)=NC(Cc1ncco1)c1nnc(C)n1-2. The van der Waals surface area contributed by atoms with Crippen LogP contribution in [0.3, 0.4) is 0 Å². The predicted octanol–water partition coefficient (Wildman–Crippen LogP) is 6.07. The highest BCUT2D eigenvalue weighted by molar-refractivity contribution is 7.15. The zero-order valence-corrected chi connectivity index (χ0v) is 24.8. The van der Waals surface area contributed by atoms with E-state index in [2.05, 4.69) is 63.2 Å². The molecule has 8 rings (SSSR count). The van der Waals surface area contributed by atoms with Gasteiger partial charge in [-0.25, -0.2) is 4.98 Å². The molecule has 4 aliphatic rings. The van der Waals surface area contributed by atoms with Crippen LogP contribution in [0.1, 0.15) is 83.7 Å². The molecule has 0 amide bonds. The lowest BCUT2D eigenvalue weighted by molar-refractivity contribution is -0.156. The number of fused-ring (bicyclic) bond motifs is 3. The first kappa shape index (κ1) is 25.4. The number of nitrogens with zero attached hydrogens (tertiary/aromatic N) is 5. The molecule has 1 atom stereocenters. The molecule has 2 aliphatic carbocycles. The molecule has 2 aliphatic heterocycles. The van der Waals surface area contributed by atoms with Crippen molar-refractivity contribution >= 4 is 17.0 Å². The van der Waals surface area contributed by atoms with E-state index in [1.807, 2.05) is 6.92 Å². The second-order valence-corrected chi connectivity index (χ2v) is 14.0. The maximum absolute atomic E-state index is 6.47. The molecule has 1 N–H and O–H groups in total.